The van der Waals surface area contributed by atoms with Crippen LogP contribution in [0.1, 0.15) is 50.8 Å². The summed E-state index contributed by atoms with van der Waals surface area (Å²) < 4.78 is 5.36. The molecule has 1 amide bonds. The molecule has 20 heavy (non-hydrogen) atoms. The van der Waals surface area contributed by atoms with Crippen LogP contribution in [0.3, 0.4) is 0 Å². The van der Waals surface area contributed by atoms with Gasteiger partial charge in [0.15, 0.2) is 0 Å². The second-order valence-electron chi connectivity index (χ2n) is 5.30. The number of amides is 1. The maximum Gasteiger partial charge on any atom is 0.240 e. The number of benzene rings is 1. The lowest BCUT2D eigenvalue weighted by atomic mass is 9.92. The number of ether oxygens (including phenoxy) is 1. The number of hydrogen-bond acceptors (Lipinski definition) is 3. The number of carbonyl (C=O) groups is 1. The molecule has 1 unspecified atom stereocenters. The van der Waals surface area contributed by atoms with Crippen LogP contribution >= 0.6 is 0 Å². The Kier molecular flexibility index (Phi) is 5.57. The second kappa shape index (κ2) is 6.75. The molecule has 1 rings (SSSR count). The third-order valence-electron chi connectivity index (χ3n) is 3.91. The van der Waals surface area contributed by atoms with E-state index in [1.807, 2.05) is 45.9 Å². The first-order valence-electron chi connectivity index (χ1n) is 7.12. The van der Waals surface area contributed by atoms with Crippen molar-refractivity contribution in [3.8, 4) is 5.75 Å². The minimum absolute atomic E-state index is 0.112. The van der Waals surface area contributed by atoms with E-state index in [9.17, 15) is 4.79 Å². The molecular formula is C16H26N2O2. The molecule has 0 aromatic heterocycles. The van der Waals surface area contributed by atoms with Crippen LogP contribution < -0.4 is 15.8 Å². The standard InChI is InChI=1S/C16H26N2O2/c1-6-16(17,7-2)15(19)18-12(4)13-10-11(3)8-9-14(13)20-5/h8-10,12H,6-7,17H2,1-5H3,(H,18,19). The number of nitrogens with two attached hydrogens (primary N) is 1. The van der Waals surface area contributed by atoms with Gasteiger partial charge in [-0.1, -0.05) is 31.5 Å². The maximum absolute atomic E-state index is 12.3. The predicted molar refractivity (Wildman–Crippen MR) is 81.8 cm³/mol. The normalized spacial score (nSPS) is 12.9. The molecule has 0 saturated carbocycles. The second-order valence-corrected chi connectivity index (χ2v) is 5.30. The molecule has 0 saturated heterocycles. The highest BCUT2D eigenvalue weighted by Gasteiger charge is 2.31. The zero-order chi connectivity index (χ0) is 15.3. The Bertz CT molecular complexity index is 468. The van der Waals surface area contributed by atoms with E-state index in [-0.39, 0.29) is 11.9 Å². The molecule has 1 aromatic carbocycles. The smallest absolute Gasteiger partial charge is 0.240 e. The van der Waals surface area contributed by atoms with Crippen molar-refractivity contribution in [2.75, 3.05) is 7.11 Å². The monoisotopic (exact) mass is 278 g/mol. The molecule has 112 valence electrons. The third-order valence-corrected chi connectivity index (χ3v) is 3.91. The van der Waals surface area contributed by atoms with E-state index in [0.29, 0.717) is 12.8 Å². The molecule has 0 aliphatic rings. The lowest BCUT2D eigenvalue weighted by molar-refractivity contribution is -0.127. The predicted octanol–water partition coefficient (Wildman–Crippen LogP) is 2.70. The van der Waals surface area contributed by atoms with Crippen LogP contribution in [-0.2, 0) is 4.79 Å². The Balaban J connectivity index is 2.94. The van der Waals surface area contributed by atoms with E-state index in [1.54, 1.807) is 7.11 Å². The quantitative estimate of drug-likeness (QED) is 0.841. The van der Waals surface area contributed by atoms with Crippen LogP contribution in [0, 0.1) is 6.92 Å². The minimum atomic E-state index is -0.800. The highest BCUT2D eigenvalue weighted by atomic mass is 16.5. The Morgan fingerprint density at radius 1 is 1.40 bits per heavy atom. The summed E-state index contributed by atoms with van der Waals surface area (Å²) in [6.07, 6.45) is 1.24. The van der Waals surface area contributed by atoms with Crippen LogP contribution in [-0.4, -0.2) is 18.6 Å². The maximum atomic E-state index is 12.3. The number of carbonyl (C=O) groups excluding carboxylic acids is 1. The van der Waals surface area contributed by atoms with Gasteiger partial charge in [0.2, 0.25) is 5.91 Å². The fraction of sp³-hybridized carbons (Fsp3) is 0.562. The summed E-state index contributed by atoms with van der Waals surface area (Å²) in [5.74, 6) is 0.664. The molecule has 1 aromatic rings. The lowest BCUT2D eigenvalue weighted by Crippen LogP contribution is -2.53. The van der Waals surface area contributed by atoms with Crippen LogP contribution in [0.25, 0.3) is 0 Å². The zero-order valence-electron chi connectivity index (χ0n) is 13.1. The average molecular weight is 278 g/mol. The Hall–Kier alpha value is -1.55. The van der Waals surface area contributed by atoms with E-state index in [2.05, 4.69) is 5.32 Å². The van der Waals surface area contributed by atoms with Crippen molar-refractivity contribution in [1.82, 2.24) is 5.32 Å². The van der Waals surface area contributed by atoms with Gasteiger partial charge in [-0.25, -0.2) is 0 Å². The summed E-state index contributed by atoms with van der Waals surface area (Å²) in [4.78, 5) is 12.3. The Labute approximate surface area is 121 Å². The first-order chi connectivity index (χ1) is 9.37. The Morgan fingerprint density at radius 3 is 2.50 bits per heavy atom. The van der Waals surface area contributed by atoms with Gasteiger partial charge in [0.1, 0.15) is 5.75 Å². The number of hydrogen-bond donors (Lipinski definition) is 2. The summed E-state index contributed by atoms with van der Waals surface area (Å²) in [6.45, 7) is 7.83. The molecule has 4 heteroatoms. The molecule has 3 N–H and O–H groups in total. The highest BCUT2D eigenvalue weighted by molar-refractivity contribution is 5.86. The van der Waals surface area contributed by atoms with Crippen LogP contribution in [0.2, 0.25) is 0 Å². The lowest BCUT2D eigenvalue weighted by Gasteiger charge is -2.28. The van der Waals surface area contributed by atoms with E-state index >= 15 is 0 Å². The first-order valence-corrected chi connectivity index (χ1v) is 7.12. The van der Waals surface area contributed by atoms with E-state index in [0.717, 1.165) is 16.9 Å². The summed E-state index contributed by atoms with van der Waals surface area (Å²) in [5, 5.41) is 3.00. The van der Waals surface area contributed by atoms with Crippen molar-refractivity contribution < 1.29 is 9.53 Å². The number of methoxy groups -OCH3 is 1. The molecular weight excluding hydrogens is 252 g/mol. The topological polar surface area (TPSA) is 64.4 Å². The number of aryl methyl sites for hydroxylation is 1. The SMILES string of the molecule is CCC(N)(CC)C(=O)NC(C)c1cc(C)ccc1OC. The van der Waals surface area contributed by atoms with E-state index < -0.39 is 5.54 Å². The highest BCUT2D eigenvalue weighted by Crippen LogP contribution is 2.26. The third kappa shape index (κ3) is 3.51. The first kappa shape index (κ1) is 16.5. The molecule has 0 heterocycles. The van der Waals surface area contributed by atoms with Gasteiger partial charge >= 0.3 is 0 Å². The van der Waals surface area contributed by atoms with Gasteiger partial charge in [0.05, 0.1) is 18.7 Å². The van der Waals surface area contributed by atoms with Gasteiger partial charge in [0, 0.05) is 5.56 Å². The molecule has 0 aliphatic carbocycles. The van der Waals surface area contributed by atoms with E-state index in [1.165, 1.54) is 0 Å². The van der Waals surface area contributed by atoms with Crippen molar-refractivity contribution >= 4 is 5.91 Å². The molecule has 1 atom stereocenters. The summed E-state index contributed by atoms with van der Waals surface area (Å²) in [7, 11) is 1.63. The van der Waals surface area contributed by atoms with Crippen LogP contribution in [0.5, 0.6) is 5.75 Å². The molecule has 0 aliphatic heterocycles. The van der Waals surface area contributed by atoms with Gasteiger partial charge in [-0.3, -0.25) is 4.79 Å². The minimum Gasteiger partial charge on any atom is -0.496 e. The Morgan fingerprint density at radius 2 is 2.00 bits per heavy atom. The largest absolute Gasteiger partial charge is 0.496 e. The van der Waals surface area contributed by atoms with Crippen molar-refractivity contribution in [2.45, 2.75) is 52.1 Å². The van der Waals surface area contributed by atoms with Crippen molar-refractivity contribution in [3.63, 3.8) is 0 Å². The van der Waals surface area contributed by atoms with Gasteiger partial charge < -0.3 is 15.8 Å². The number of nitrogens with one attached hydrogen (secondary N) is 1. The van der Waals surface area contributed by atoms with Crippen molar-refractivity contribution in [2.24, 2.45) is 5.73 Å². The van der Waals surface area contributed by atoms with Gasteiger partial charge in [0.25, 0.3) is 0 Å². The summed E-state index contributed by atoms with van der Waals surface area (Å²) >= 11 is 0. The molecule has 4 nitrogen and oxygen atoms in total. The summed E-state index contributed by atoms with van der Waals surface area (Å²) in [6, 6.07) is 5.79. The fourth-order valence-corrected chi connectivity index (χ4v) is 2.18. The van der Waals surface area contributed by atoms with Gasteiger partial charge in [-0.05, 0) is 32.8 Å². The summed E-state index contributed by atoms with van der Waals surface area (Å²) in [5.41, 5.74) is 7.42. The van der Waals surface area contributed by atoms with Gasteiger partial charge in [-0.15, -0.1) is 0 Å². The molecule has 0 spiro atoms. The average Bonchev–Trinajstić information content (AvgIpc) is 2.46. The van der Waals surface area contributed by atoms with Crippen molar-refractivity contribution in [1.29, 1.82) is 0 Å². The van der Waals surface area contributed by atoms with Crippen LogP contribution in [0.15, 0.2) is 18.2 Å². The molecule has 0 fully saturated rings. The fourth-order valence-electron chi connectivity index (χ4n) is 2.18. The van der Waals surface area contributed by atoms with Gasteiger partial charge in [-0.2, -0.15) is 0 Å². The number of rotatable bonds is 6. The molecule has 0 radical (unpaired) electrons. The zero-order valence-corrected chi connectivity index (χ0v) is 13.1. The van der Waals surface area contributed by atoms with E-state index in [4.69, 9.17) is 10.5 Å². The molecule has 0 bridgehead atoms. The van der Waals surface area contributed by atoms with Crippen molar-refractivity contribution in [3.05, 3.63) is 29.3 Å². The van der Waals surface area contributed by atoms with Crippen LogP contribution in [0.4, 0.5) is 0 Å².